The van der Waals surface area contributed by atoms with Crippen molar-refractivity contribution in [2.24, 2.45) is 0 Å². The molecule has 0 radical (unpaired) electrons. The molecular weight excluding hydrogens is 246 g/mol. The number of methoxy groups -OCH3 is 1. The summed E-state index contributed by atoms with van der Waals surface area (Å²) in [7, 11) is 1.50. The Morgan fingerprint density at radius 2 is 1.47 bits per heavy atom. The topological polar surface area (TPSA) is 89.1 Å². The molecule has 96 valence electrons. The molecular formula is C13H11N3O3. The fraction of sp³-hybridized carbons (Fsp3) is 0.0769. The van der Waals surface area contributed by atoms with Gasteiger partial charge in [0.25, 0.3) is 22.1 Å². The summed E-state index contributed by atoms with van der Waals surface area (Å²) in [5, 5.41) is 24.5. The van der Waals surface area contributed by atoms with E-state index in [1.807, 2.05) is 0 Å². The van der Waals surface area contributed by atoms with Gasteiger partial charge >= 0.3 is 0 Å². The van der Waals surface area contributed by atoms with Crippen LogP contribution in [0.2, 0.25) is 0 Å². The first-order valence-corrected chi connectivity index (χ1v) is 5.64. The van der Waals surface area contributed by atoms with E-state index in [9.17, 15) is 10.4 Å². The number of ether oxygens (including phenoxy) is 1. The summed E-state index contributed by atoms with van der Waals surface area (Å²) in [6, 6.07) is 9.34. The highest BCUT2D eigenvalue weighted by molar-refractivity contribution is 5.79. The SMILES string of the molecule is COc1ccc2c(c1)[n+]([O-])c1cc(N)ccc1[n+]2[O-]. The standard InChI is InChI=1S/C13H11N3O3/c1-19-9-3-5-11-13(7-9)16(18)12-6-8(14)2-4-10(12)15(11)17/h2-7H,14H2,1H3. The second kappa shape index (κ2) is 3.88. The average Bonchev–Trinajstić information content (AvgIpc) is 2.44. The minimum absolute atomic E-state index is 0.232. The molecule has 0 amide bonds. The molecule has 0 aliphatic heterocycles. The van der Waals surface area contributed by atoms with Crippen molar-refractivity contribution < 1.29 is 14.2 Å². The van der Waals surface area contributed by atoms with Crippen LogP contribution < -0.4 is 19.9 Å². The lowest BCUT2D eigenvalue weighted by Gasteiger charge is -2.08. The Bertz CT molecular complexity index is 802. The molecule has 0 fully saturated rings. The Hall–Kier alpha value is -2.76. The van der Waals surface area contributed by atoms with Crippen LogP contribution in [0.1, 0.15) is 0 Å². The molecule has 0 spiro atoms. The number of rotatable bonds is 1. The molecule has 2 N–H and O–H groups in total. The van der Waals surface area contributed by atoms with Crippen LogP contribution in [-0.4, -0.2) is 7.11 Å². The van der Waals surface area contributed by atoms with Crippen molar-refractivity contribution in [1.29, 1.82) is 0 Å². The normalized spacial score (nSPS) is 11.0. The van der Waals surface area contributed by atoms with Crippen LogP contribution >= 0.6 is 0 Å². The predicted octanol–water partition coefficient (Wildman–Crippen LogP) is 0.851. The van der Waals surface area contributed by atoms with Crippen molar-refractivity contribution in [3.05, 3.63) is 46.8 Å². The fourth-order valence-corrected chi connectivity index (χ4v) is 2.10. The molecule has 0 saturated heterocycles. The Balaban J connectivity index is 2.53. The number of hydrogen-bond donors (Lipinski definition) is 1. The highest BCUT2D eigenvalue weighted by Gasteiger charge is 2.21. The van der Waals surface area contributed by atoms with Crippen LogP contribution in [0.4, 0.5) is 5.69 Å². The Morgan fingerprint density at radius 3 is 2.16 bits per heavy atom. The van der Waals surface area contributed by atoms with Gasteiger partial charge in [-0.2, -0.15) is 9.46 Å². The molecule has 3 rings (SSSR count). The van der Waals surface area contributed by atoms with Crippen LogP contribution in [0, 0.1) is 10.4 Å². The van der Waals surface area contributed by atoms with E-state index in [0.717, 1.165) is 4.73 Å². The smallest absolute Gasteiger partial charge is 0.294 e. The maximum atomic E-state index is 12.3. The van der Waals surface area contributed by atoms with Crippen LogP contribution in [-0.2, 0) is 0 Å². The molecule has 0 bridgehead atoms. The fourth-order valence-electron chi connectivity index (χ4n) is 2.10. The van der Waals surface area contributed by atoms with Gasteiger partial charge in [-0.25, -0.2) is 0 Å². The molecule has 0 aliphatic rings. The number of aromatic nitrogens is 2. The van der Waals surface area contributed by atoms with Gasteiger partial charge in [0.1, 0.15) is 5.75 Å². The van der Waals surface area contributed by atoms with E-state index in [0.29, 0.717) is 16.2 Å². The number of nitrogens with two attached hydrogens (primary N) is 1. The van der Waals surface area contributed by atoms with Gasteiger partial charge < -0.3 is 20.9 Å². The lowest BCUT2D eigenvalue weighted by Crippen LogP contribution is -2.39. The van der Waals surface area contributed by atoms with E-state index in [-0.39, 0.29) is 22.1 Å². The van der Waals surface area contributed by atoms with Gasteiger partial charge in [-0.3, -0.25) is 0 Å². The summed E-state index contributed by atoms with van der Waals surface area (Å²) < 4.78 is 6.48. The molecule has 0 aliphatic carbocycles. The Morgan fingerprint density at radius 1 is 0.895 bits per heavy atom. The first-order chi connectivity index (χ1) is 9.11. The summed E-state index contributed by atoms with van der Waals surface area (Å²) in [6.07, 6.45) is 0. The first kappa shape index (κ1) is 11.3. The quantitative estimate of drug-likeness (QED) is 0.303. The average molecular weight is 257 g/mol. The summed E-state index contributed by atoms with van der Waals surface area (Å²) >= 11 is 0. The van der Waals surface area contributed by atoms with E-state index in [1.54, 1.807) is 18.2 Å². The predicted molar refractivity (Wildman–Crippen MR) is 70.3 cm³/mol. The van der Waals surface area contributed by atoms with Gasteiger partial charge in [0, 0.05) is 23.9 Å². The Kier molecular flexibility index (Phi) is 2.31. The van der Waals surface area contributed by atoms with Crippen LogP contribution in [0.3, 0.4) is 0 Å². The molecule has 6 nitrogen and oxygen atoms in total. The summed E-state index contributed by atoms with van der Waals surface area (Å²) in [4.78, 5) is 0. The van der Waals surface area contributed by atoms with Gasteiger partial charge in [0.2, 0.25) is 0 Å². The molecule has 19 heavy (non-hydrogen) atoms. The van der Waals surface area contributed by atoms with Gasteiger partial charge in [-0.15, -0.1) is 0 Å². The lowest BCUT2D eigenvalue weighted by atomic mass is 10.2. The number of hydrogen-bond acceptors (Lipinski definition) is 4. The minimum Gasteiger partial charge on any atom is -0.617 e. The number of nitrogen functional groups attached to an aromatic ring is 1. The monoisotopic (exact) mass is 257 g/mol. The van der Waals surface area contributed by atoms with Crippen molar-refractivity contribution in [3.63, 3.8) is 0 Å². The molecule has 3 aromatic rings. The zero-order valence-corrected chi connectivity index (χ0v) is 10.2. The van der Waals surface area contributed by atoms with Crippen molar-refractivity contribution in [2.45, 2.75) is 0 Å². The van der Waals surface area contributed by atoms with Crippen LogP contribution in [0.25, 0.3) is 22.1 Å². The van der Waals surface area contributed by atoms with Crippen molar-refractivity contribution in [2.75, 3.05) is 12.8 Å². The Labute approximate surface area is 108 Å². The summed E-state index contributed by atoms with van der Waals surface area (Å²) in [5.74, 6) is 0.514. The van der Waals surface area contributed by atoms with E-state index in [2.05, 4.69) is 0 Å². The van der Waals surface area contributed by atoms with Gasteiger partial charge in [-0.05, 0) is 12.1 Å². The zero-order valence-electron chi connectivity index (χ0n) is 10.2. The van der Waals surface area contributed by atoms with Crippen molar-refractivity contribution >= 4 is 27.8 Å². The molecule has 0 atom stereocenters. The number of anilines is 1. The minimum atomic E-state index is 0.232. The second-order valence-electron chi connectivity index (χ2n) is 4.19. The third-order valence-electron chi connectivity index (χ3n) is 3.06. The van der Waals surface area contributed by atoms with Crippen LogP contribution in [0.5, 0.6) is 5.75 Å². The van der Waals surface area contributed by atoms with E-state index >= 15 is 0 Å². The zero-order chi connectivity index (χ0) is 13.6. The van der Waals surface area contributed by atoms with Gasteiger partial charge in [-0.1, -0.05) is 0 Å². The summed E-state index contributed by atoms with van der Waals surface area (Å²) in [5.41, 5.74) is 7.12. The molecule has 6 heteroatoms. The van der Waals surface area contributed by atoms with Crippen molar-refractivity contribution in [1.82, 2.24) is 0 Å². The van der Waals surface area contributed by atoms with E-state index < -0.39 is 0 Å². The molecule has 2 aromatic carbocycles. The number of fused-ring (bicyclic) bond motifs is 2. The number of nitrogens with zero attached hydrogens (tertiary/aromatic N) is 2. The first-order valence-electron chi connectivity index (χ1n) is 5.64. The lowest BCUT2D eigenvalue weighted by molar-refractivity contribution is -0.591. The van der Waals surface area contributed by atoms with Gasteiger partial charge in [0.15, 0.2) is 0 Å². The van der Waals surface area contributed by atoms with Crippen LogP contribution in [0.15, 0.2) is 36.4 Å². The third-order valence-corrected chi connectivity index (χ3v) is 3.06. The highest BCUT2D eigenvalue weighted by Crippen LogP contribution is 2.19. The maximum absolute atomic E-state index is 12.3. The molecule has 1 aromatic heterocycles. The molecule has 0 unspecified atom stereocenters. The third kappa shape index (κ3) is 1.57. The largest absolute Gasteiger partial charge is 0.617 e. The van der Waals surface area contributed by atoms with E-state index in [4.69, 9.17) is 10.5 Å². The number of benzene rings is 2. The van der Waals surface area contributed by atoms with E-state index in [1.165, 1.54) is 25.3 Å². The maximum Gasteiger partial charge on any atom is 0.294 e. The molecule has 0 saturated carbocycles. The van der Waals surface area contributed by atoms with Crippen molar-refractivity contribution in [3.8, 4) is 5.75 Å². The van der Waals surface area contributed by atoms with Gasteiger partial charge in [0.05, 0.1) is 13.2 Å². The summed E-state index contributed by atoms with van der Waals surface area (Å²) in [6.45, 7) is 0. The molecule has 1 heterocycles. The second-order valence-corrected chi connectivity index (χ2v) is 4.19. The highest BCUT2D eigenvalue weighted by atomic mass is 16.5.